The van der Waals surface area contributed by atoms with E-state index in [0.29, 0.717) is 0 Å². The molecule has 1 N–H and O–H groups in total. The predicted octanol–water partition coefficient (Wildman–Crippen LogP) is 3.94. The Kier molecular flexibility index (Phi) is 4.21. The number of aliphatic carboxylic acids is 1. The van der Waals surface area contributed by atoms with E-state index in [0.717, 1.165) is 31.0 Å². The molecule has 1 fully saturated rings. The molecule has 0 radical (unpaired) electrons. The Labute approximate surface area is 110 Å². The quantitative estimate of drug-likeness (QED) is 0.858. The van der Waals surface area contributed by atoms with Crippen LogP contribution in [0.5, 0.6) is 0 Å². The molecule has 0 amide bonds. The molecule has 0 bridgehead atoms. The number of alkyl halides is 1. The lowest BCUT2D eigenvalue weighted by molar-refractivity contribution is -0.143. The number of rotatable bonds is 3. The molecule has 92 valence electrons. The van der Waals surface area contributed by atoms with Gasteiger partial charge >= 0.3 is 5.97 Å². The molecule has 0 aromatic heterocycles. The zero-order chi connectivity index (χ0) is 12.3. The zero-order valence-electron chi connectivity index (χ0n) is 9.73. The Bertz CT molecular complexity index is 386. The first kappa shape index (κ1) is 12.6. The molecular weight excluding hydrogens is 280 g/mol. The van der Waals surface area contributed by atoms with E-state index in [-0.39, 0.29) is 11.8 Å². The van der Waals surface area contributed by atoms with E-state index in [1.165, 1.54) is 11.1 Å². The van der Waals surface area contributed by atoms with Gasteiger partial charge in [-0.3, -0.25) is 4.79 Å². The monoisotopic (exact) mass is 296 g/mol. The van der Waals surface area contributed by atoms with Crippen LogP contribution in [0.15, 0.2) is 24.3 Å². The second-order valence-corrected chi connectivity index (χ2v) is 5.27. The van der Waals surface area contributed by atoms with Crippen LogP contribution in [0.3, 0.4) is 0 Å². The molecule has 0 heterocycles. The van der Waals surface area contributed by atoms with Crippen molar-refractivity contribution < 1.29 is 9.90 Å². The van der Waals surface area contributed by atoms with Crippen molar-refractivity contribution in [2.45, 2.75) is 36.9 Å². The third-order valence-corrected chi connectivity index (χ3v) is 4.29. The molecular formula is C14H17BrO2. The summed E-state index contributed by atoms with van der Waals surface area (Å²) in [4.78, 5) is 11.3. The minimum atomic E-state index is -0.640. The minimum absolute atomic E-state index is 0.196. The van der Waals surface area contributed by atoms with Crippen LogP contribution in [0.2, 0.25) is 0 Å². The lowest BCUT2D eigenvalue weighted by Gasteiger charge is -2.28. The lowest BCUT2D eigenvalue weighted by Crippen LogP contribution is -2.25. The predicted molar refractivity (Wildman–Crippen MR) is 71.4 cm³/mol. The Morgan fingerprint density at radius 1 is 1.24 bits per heavy atom. The third kappa shape index (κ3) is 2.89. The van der Waals surface area contributed by atoms with Crippen molar-refractivity contribution in [3.8, 4) is 0 Å². The van der Waals surface area contributed by atoms with Crippen molar-refractivity contribution in [3.05, 3.63) is 35.4 Å². The molecule has 0 saturated heterocycles. The molecule has 1 saturated carbocycles. The van der Waals surface area contributed by atoms with Crippen molar-refractivity contribution in [3.63, 3.8) is 0 Å². The minimum Gasteiger partial charge on any atom is -0.481 e. The maximum Gasteiger partial charge on any atom is 0.307 e. The van der Waals surface area contributed by atoms with Gasteiger partial charge in [0.25, 0.3) is 0 Å². The van der Waals surface area contributed by atoms with E-state index in [1.807, 2.05) is 0 Å². The number of carbonyl (C=O) groups is 1. The van der Waals surface area contributed by atoms with Gasteiger partial charge in [0.2, 0.25) is 0 Å². The Morgan fingerprint density at radius 3 is 2.47 bits per heavy atom. The van der Waals surface area contributed by atoms with Crippen molar-refractivity contribution in [2.75, 3.05) is 0 Å². The molecule has 1 aliphatic carbocycles. The molecule has 2 rings (SSSR count). The fourth-order valence-electron chi connectivity index (χ4n) is 2.68. The molecule has 0 aliphatic heterocycles. The number of halogens is 1. The first-order chi connectivity index (χ1) is 8.22. The van der Waals surface area contributed by atoms with Gasteiger partial charge in [-0.25, -0.2) is 0 Å². The van der Waals surface area contributed by atoms with Crippen LogP contribution in [0.25, 0.3) is 0 Å². The summed E-state index contributed by atoms with van der Waals surface area (Å²) in [7, 11) is 0. The van der Waals surface area contributed by atoms with E-state index in [4.69, 9.17) is 0 Å². The van der Waals surface area contributed by atoms with E-state index in [1.54, 1.807) is 0 Å². The summed E-state index contributed by atoms with van der Waals surface area (Å²) in [5, 5.41) is 10.1. The first-order valence-corrected chi connectivity index (χ1v) is 7.22. The number of benzene rings is 1. The average Bonchev–Trinajstić information content (AvgIpc) is 2.39. The maximum absolute atomic E-state index is 11.3. The normalized spacial score (nSPS) is 24.5. The molecule has 0 spiro atoms. The van der Waals surface area contributed by atoms with Crippen LogP contribution in [0, 0.1) is 5.92 Å². The van der Waals surface area contributed by atoms with Gasteiger partial charge in [-0.1, -0.05) is 53.0 Å². The van der Waals surface area contributed by atoms with Gasteiger partial charge in [0.15, 0.2) is 0 Å². The van der Waals surface area contributed by atoms with Gasteiger partial charge in [0.05, 0.1) is 5.92 Å². The molecule has 1 aliphatic rings. The van der Waals surface area contributed by atoms with Crippen molar-refractivity contribution in [1.29, 1.82) is 0 Å². The molecule has 1 aromatic rings. The smallest absolute Gasteiger partial charge is 0.307 e. The Hall–Kier alpha value is -0.830. The number of carboxylic acids is 1. The van der Waals surface area contributed by atoms with Crippen LogP contribution < -0.4 is 0 Å². The highest BCUT2D eigenvalue weighted by molar-refractivity contribution is 9.08. The van der Waals surface area contributed by atoms with Gasteiger partial charge in [-0.15, -0.1) is 0 Å². The van der Waals surface area contributed by atoms with Crippen molar-refractivity contribution >= 4 is 21.9 Å². The number of hydrogen-bond donors (Lipinski definition) is 1. The largest absolute Gasteiger partial charge is 0.481 e. The van der Waals surface area contributed by atoms with Crippen molar-refractivity contribution in [1.82, 2.24) is 0 Å². The van der Waals surface area contributed by atoms with Crippen LogP contribution >= 0.6 is 15.9 Å². The molecule has 0 unspecified atom stereocenters. The number of hydrogen-bond acceptors (Lipinski definition) is 1. The SMILES string of the molecule is O=C(O)[C@H]1CCCC[C@H]1c1ccc(CBr)cc1. The first-order valence-electron chi connectivity index (χ1n) is 6.10. The molecule has 1 aromatic carbocycles. The summed E-state index contributed by atoms with van der Waals surface area (Å²) in [5.74, 6) is -0.636. The fourth-order valence-corrected chi connectivity index (χ4v) is 3.05. The van der Waals surface area contributed by atoms with Crippen LogP contribution in [-0.2, 0) is 10.1 Å². The molecule has 2 atom stereocenters. The van der Waals surface area contributed by atoms with E-state index < -0.39 is 5.97 Å². The van der Waals surface area contributed by atoms with Gasteiger partial charge < -0.3 is 5.11 Å². The van der Waals surface area contributed by atoms with Gasteiger partial charge in [-0.2, -0.15) is 0 Å². The molecule has 2 nitrogen and oxygen atoms in total. The summed E-state index contributed by atoms with van der Waals surface area (Å²) < 4.78 is 0. The Balaban J connectivity index is 2.20. The second kappa shape index (κ2) is 5.67. The second-order valence-electron chi connectivity index (χ2n) is 4.71. The average molecular weight is 297 g/mol. The number of carboxylic acid groups (broad SMARTS) is 1. The standard InChI is InChI=1S/C14H17BrO2/c15-9-10-5-7-11(8-6-10)12-3-1-2-4-13(12)14(16)17/h5-8,12-13H,1-4,9H2,(H,16,17)/t12-,13-/m0/s1. The van der Waals surface area contributed by atoms with E-state index in [9.17, 15) is 9.90 Å². The van der Waals surface area contributed by atoms with Crippen LogP contribution in [0.1, 0.15) is 42.7 Å². The summed E-state index contributed by atoms with van der Waals surface area (Å²) in [6.07, 6.45) is 4.02. The summed E-state index contributed by atoms with van der Waals surface area (Å²) in [6.45, 7) is 0. The highest BCUT2D eigenvalue weighted by Gasteiger charge is 2.31. The summed E-state index contributed by atoms with van der Waals surface area (Å²) in [6, 6.07) is 8.33. The van der Waals surface area contributed by atoms with Gasteiger partial charge in [-0.05, 0) is 29.9 Å². The Morgan fingerprint density at radius 2 is 1.88 bits per heavy atom. The molecule has 3 heteroatoms. The van der Waals surface area contributed by atoms with Gasteiger partial charge in [0.1, 0.15) is 0 Å². The van der Waals surface area contributed by atoms with E-state index >= 15 is 0 Å². The lowest BCUT2D eigenvalue weighted by atomic mass is 9.75. The maximum atomic E-state index is 11.3. The summed E-state index contributed by atoms with van der Waals surface area (Å²) >= 11 is 3.42. The van der Waals surface area contributed by atoms with E-state index in [2.05, 4.69) is 40.2 Å². The fraction of sp³-hybridized carbons (Fsp3) is 0.500. The van der Waals surface area contributed by atoms with Gasteiger partial charge in [0, 0.05) is 5.33 Å². The zero-order valence-corrected chi connectivity index (χ0v) is 11.3. The van der Waals surface area contributed by atoms with Crippen LogP contribution in [-0.4, -0.2) is 11.1 Å². The van der Waals surface area contributed by atoms with Crippen molar-refractivity contribution in [2.24, 2.45) is 5.92 Å². The third-order valence-electron chi connectivity index (χ3n) is 3.65. The molecule has 17 heavy (non-hydrogen) atoms. The highest BCUT2D eigenvalue weighted by atomic mass is 79.9. The highest BCUT2D eigenvalue weighted by Crippen LogP contribution is 2.38. The van der Waals surface area contributed by atoms with Crippen LogP contribution in [0.4, 0.5) is 0 Å². The topological polar surface area (TPSA) is 37.3 Å². The summed E-state index contributed by atoms with van der Waals surface area (Å²) in [5.41, 5.74) is 2.42.